The minimum Gasteiger partial charge on any atom is -0.464 e. The molecule has 0 aliphatic rings. The van der Waals surface area contributed by atoms with E-state index in [9.17, 15) is 22.8 Å². The molecular weight excluding hydrogens is 241 g/mol. The molecule has 0 aromatic heterocycles. The lowest BCUT2D eigenvalue weighted by Crippen LogP contribution is -2.40. The van der Waals surface area contributed by atoms with Crippen LogP contribution in [0.2, 0.25) is 0 Å². The third kappa shape index (κ3) is 3.67. The third-order valence-electron chi connectivity index (χ3n) is 1.74. The summed E-state index contributed by atoms with van der Waals surface area (Å²) in [6.07, 6.45) is -6.08. The van der Waals surface area contributed by atoms with Crippen LogP contribution < -0.4 is 10.9 Å². The summed E-state index contributed by atoms with van der Waals surface area (Å²) < 4.78 is 36.9. The second-order valence-corrected chi connectivity index (χ2v) is 2.96. The van der Waals surface area contributed by atoms with Crippen molar-refractivity contribution in [1.82, 2.24) is 10.9 Å². The Morgan fingerprint density at radius 2 is 1.82 bits per heavy atom. The van der Waals surface area contributed by atoms with Crippen LogP contribution in [0, 0.1) is 0 Å². The Morgan fingerprint density at radius 1 is 1.18 bits per heavy atom. The van der Waals surface area contributed by atoms with E-state index in [0.717, 1.165) is 18.2 Å². The molecule has 0 aliphatic heterocycles. The van der Waals surface area contributed by atoms with Crippen molar-refractivity contribution in [2.75, 3.05) is 0 Å². The molecule has 0 unspecified atom stereocenters. The van der Waals surface area contributed by atoms with Crippen molar-refractivity contribution in [2.24, 2.45) is 0 Å². The van der Waals surface area contributed by atoms with Crippen LogP contribution in [-0.2, 0) is 6.18 Å². The molecule has 3 N–H and O–H groups in total. The first kappa shape index (κ1) is 12.8. The van der Waals surface area contributed by atoms with Gasteiger partial charge in [0.1, 0.15) is 0 Å². The zero-order valence-corrected chi connectivity index (χ0v) is 8.21. The Hall–Kier alpha value is -2.25. The fraction of sp³-hybridized carbons (Fsp3) is 0.111. The molecule has 1 aromatic rings. The van der Waals surface area contributed by atoms with Crippen LogP contribution >= 0.6 is 0 Å². The number of amides is 2. The number of halogens is 3. The SMILES string of the molecule is O=C(O)NNC(=O)c1cccc(C(F)(F)F)c1. The van der Waals surface area contributed by atoms with Gasteiger partial charge < -0.3 is 5.11 Å². The first-order chi connectivity index (χ1) is 7.80. The summed E-state index contributed by atoms with van der Waals surface area (Å²) in [5, 5.41) is 8.19. The van der Waals surface area contributed by atoms with Gasteiger partial charge >= 0.3 is 12.3 Å². The fourth-order valence-electron chi connectivity index (χ4n) is 1.02. The summed E-state index contributed by atoms with van der Waals surface area (Å²) in [5.74, 6) is -0.974. The van der Waals surface area contributed by atoms with Crippen LogP contribution in [0.15, 0.2) is 24.3 Å². The van der Waals surface area contributed by atoms with Gasteiger partial charge in [0.2, 0.25) is 0 Å². The normalized spacial score (nSPS) is 10.8. The number of nitrogens with one attached hydrogen (secondary N) is 2. The summed E-state index contributed by atoms with van der Waals surface area (Å²) in [6.45, 7) is 0. The van der Waals surface area contributed by atoms with E-state index in [1.807, 2.05) is 0 Å². The second kappa shape index (κ2) is 4.73. The van der Waals surface area contributed by atoms with Gasteiger partial charge in [-0.05, 0) is 18.2 Å². The lowest BCUT2D eigenvalue weighted by atomic mass is 10.1. The van der Waals surface area contributed by atoms with E-state index in [2.05, 4.69) is 0 Å². The molecule has 0 radical (unpaired) electrons. The summed E-state index contributed by atoms with van der Waals surface area (Å²) in [5.41, 5.74) is 1.98. The molecule has 17 heavy (non-hydrogen) atoms. The first-order valence-electron chi connectivity index (χ1n) is 4.27. The average molecular weight is 248 g/mol. The Labute approximate surface area is 93.2 Å². The van der Waals surface area contributed by atoms with Crippen LogP contribution in [0.3, 0.4) is 0 Å². The highest BCUT2D eigenvalue weighted by molar-refractivity contribution is 5.95. The third-order valence-corrected chi connectivity index (χ3v) is 1.74. The quantitative estimate of drug-likeness (QED) is 0.661. The van der Waals surface area contributed by atoms with Gasteiger partial charge in [-0.2, -0.15) is 13.2 Å². The zero-order valence-electron chi connectivity index (χ0n) is 8.21. The van der Waals surface area contributed by atoms with E-state index in [0.29, 0.717) is 6.07 Å². The molecule has 5 nitrogen and oxygen atoms in total. The van der Waals surface area contributed by atoms with Crippen molar-refractivity contribution in [1.29, 1.82) is 0 Å². The molecule has 92 valence electrons. The van der Waals surface area contributed by atoms with Gasteiger partial charge in [-0.3, -0.25) is 10.2 Å². The summed E-state index contributed by atoms with van der Waals surface area (Å²) in [7, 11) is 0. The molecule has 1 rings (SSSR count). The minimum atomic E-state index is -4.56. The summed E-state index contributed by atoms with van der Waals surface area (Å²) >= 11 is 0. The van der Waals surface area contributed by atoms with E-state index < -0.39 is 23.7 Å². The largest absolute Gasteiger partial charge is 0.464 e. The Bertz CT molecular complexity index is 445. The van der Waals surface area contributed by atoms with Gasteiger partial charge in [0, 0.05) is 5.56 Å². The summed E-state index contributed by atoms with van der Waals surface area (Å²) in [6, 6.07) is 3.62. The number of alkyl halides is 3. The predicted octanol–water partition coefficient (Wildman–Crippen LogP) is 1.62. The number of hydrogen-bond acceptors (Lipinski definition) is 2. The van der Waals surface area contributed by atoms with E-state index in [1.54, 1.807) is 5.43 Å². The molecule has 8 heteroatoms. The number of rotatable bonds is 1. The minimum absolute atomic E-state index is 0.298. The number of benzene rings is 1. The molecule has 0 saturated heterocycles. The van der Waals surface area contributed by atoms with Crippen molar-refractivity contribution in [3.63, 3.8) is 0 Å². The van der Waals surface area contributed by atoms with Gasteiger partial charge in [0.05, 0.1) is 5.56 Å². The fourth-order valence-corrected chi connectivity index (χ4v) is 1.02. The molecule has 0 atom stereocenters. The van der Waals surface area contributed by atoms with Crippen LogP contribution in [0.4, 0.5) is 18.0 Å². The monoisotopic (exact) mass is 248 g/mol. The van der Waals surface area contributed by atoms with Crippen LogP contribution in [0.5, 0.6) is 0 Å². The zero-order chi connectivity index (χ0) is 13.1. The van der Waals surface area contributed by atoms with Crippen molar-refractivity contribution < 1.29 is 27.9 Å². The highest BCUT2D eigenvalue weighted by Gasteiger charge is 2.30. The molecule has 2 amide bonds. The number of hydrogen-bond donors (Lipinski definition) is 3. The first-order valence-corrected chi connectivity index (χ1v) is 4.27. The van der Waals surface area contributed by atoms with Crippen molar-refractivity contribution in [3.8, 4) is 0 Å². The van der Waals surface area contributed by atoms with Gasteiger partial charge in [-0.1, -0.05) is 6.07 Å². The number of carbonyl (C=O) groups excluding carboxylic acids is 1. The van der Waals surface area contributed by atoms with Gasteiger partial charge in [-0.25, -0.2) is 10.2 Å². The molecular formula is C9H7F3N2O3. The average Bonchev–Trinajstić information content (AvgIpc) is 2.25. The summed E-state index contributed by atoms with van der Waals surface area (Å²) in [4.78, 5) is 21.3. The lowest BCUT2D eigenvalue weighted by molar-refractivity contribution is -0.137. The molecule has 0 heterocycles. The number of hydrazine groups is 1. The van der Waals surface area contributed by atoms with E-state index >= 15 is 0 Å². The standard InChI is InChI=1S/C9H7F3N2O3/c10-9(11,12)6-3-1-2-5(4-6)7(15)13-14-8(16)17/h1-4,14H,(H,13,15)(H,16,17). The molecule has 0 fully saturated rings. The molecule has 0 spiro atoms. The van der Waals surface area contributed by atoms with Gasteiger partial charge in [0.25, 0.3) is 5.91 Å². The number of carbonyl (C=O) groups is 2. The van der Waals surface area contributed by atoms with Crippen LogP contribution in [0.1, 0.15) is 15.9 Å². The topological polar surface area (TPSA) is 78.4 Å². The van der Waals surface area contributed by atoms with E-state index in [4.69, 9.17) is 5.11 Å². The Morgan fingerprint density at radius 3 is 2.35 bits per heavy atom. The van der Waals surface area contributed by atoms with Crippen molar-refractivity contribution in [3.05, 3.63) is 35.4 Å². The van der Waals surface area contributed by atoms with Crippen LogP contribution in [-0.4, -0.2) is 17.1 Å². The van der Waals surface area contributed by atoms with E-state index in [1.165, 1.54) is 5.43 Å². The Kier molecular flexibility index (Phi) is 3.56. The Balaban J connectivity index is 2.85. The second-order valence-electron chi connectivity index (χ2n) is 2.96. The molecule has 1 aromatic carbocycles. The van der Waals surface area contributed by atoms with Gasteiger partial charge in [-0.15, -0.1) is 0 Å². The van der Waals surface area contributed by atoms with E-state index in [-0.39, 0.29) is 5.56 Å². The van der Waals surface area contributed by atoms with Crippen LogP contribution in [0.25, 0.3) is 0 Å². The maximum atomic E-state index is 12.3. The number of carboxylic acid groups (broad SMARTS) is 1. The lowest BCUT2D eigenvalue weighted by Gasteiger charge is -2.08. The molecule has 0 saturated carbocycles. The smallest absolute Gasteiger partial charge is 0.423 e. The molecule has 0 aliphatic carbocycles. The highest BCUT2D eigenvalue weighted by atomic mass is 19.4. The van der Waals surface area contributed by atoms with Gasteiger partial charge in [0.15, 0.2) is 0 Å². The highest BCUT2D eigenvalue weighted by Crippen LogP contribution is 2.29. The maximum absolute atomic E-state index is 12.3. The van der Waals surface area contributed by atoms with Crippen molar-refractivity contribution >= 4 is 12.0 Å². The predicted molar refractivity (Wildman–Crippen MR) is 50.1 cm³/mol. The maximum Gasteiger partial charge on any atom is 0.423 e. The van der Waals surface area contributed by atoms with Crippen molar-refractivity contribution in [2.45, 2.75) is 6.18 Å². The molecule has 0 bridgehead atoms.